The van der Waals surface area contributed by atoms with Crippen LogP contribution in [0.3, 0.4) is 0 Å². The number of hydrogen-bond donors (Lipinski definition) is 0. The van der Waals surface area contributed by atoms with E-state index >= 15 is 0 Å². The van der Waals surface area contributed by atoms with Gasteiger partial charge in [0.2, 0.25) is 0 Å². The zero-order valence-corrected chi connectivity index (χ0v) is 15.8. The van der Waals surface area contributed by atoms with E-state index in [-0.39, 0.29) is 5.91 Å². The molecule has 1 aromatic carbocycles. The van der Waals surface area contributed by atoms with E-state index in [1.807, 2.05) is 43.3 Å². The van der Waals surface area contributed by atoms with Crippen molar-refractivity contribution < 1.29 is 23.7 Å². The second kappa shape index (κ2) is 11.9. The van der Waals surface area contributed by atoms with Crippen LogP contribution >= 0.6 is 0 Å². The number of ether oxygens (including phenoxy) is 4. The van der Waals surface area contributed by atoms with Crippen molar-refractivity contribution in [2.75, 3.05) is 84.9 Å². The molecule has 2 rings (SSSR count). The van der Waals surface area contributed by atoms with Crippen molar-refractivity contribution in [1.29, 1.82) is 0 Å². The van der Waals surface area contributed by atoms with Gasteiger partial charge < -0.3 is 28.7 Å². The summed E-state index contributed by atoms with van der Waals surface area (Å²) in [6.07, 6.45) is 0. The Bertz CT molecular complexity index is 505. The van der Waals surface area contributed by atoms with Crippen LogP contribution < -0.4 is 4.90 Å². The lowest BCUT2D eigenvalue weighted by molar-refractivity contribution is 0.00206. The van der Waals surface area contributed by atoms with Crippen LogP contribution in [0.2, 0.25) is 0 Å². The van der Waals surface area contributed by atoms with Crippen LogP contribution in [0.5, 0.6) is 0 Å². The minimum absolute atomic E-state index is 0.0145. The summed E-state index contributed by atoms with van der Waals surface area (Å²) in [7, 11) is 3.95. The number of anilines is 1. The molecule has 0 radical (unpaired) electrons. The molecule has 7 heteroatoms. The molecule has 0 atom stereocenters. The number of amides is 1. The van der Waals surface area contributed by atoms with Crippen LogP contribution in [-0.2, 0) is 18.9 Å². The number of rotatable bonds is 2. The van der Waals surface area contributed by atoms with E-state index in [4.69, 9.17) is 18.9 Å². The smallest absolute Gasteiger partial charge is 0.254 e. The largest absolute Gasteiger partial charge is 0.378 e. The molecule has 0 saturated carbocycles. The molecule has 1 amide bonds. The summed E-state index contributed by atoms with van der Waals surface area (Å²) in [6, 6.07) is 7.61. The minimum atomic E-state index is -0.0145. The Morgan fingerprint density at radius 1 is 0.769 bits per heavy atom. The van der Waals surface area contributed by atoms with Crippen LogP contribution in [0.1, 0.15) is 10.4 Å². The third-order valence-electron chi connectivity index (χ3n) is 4.04. The second-order valence-electron chi connectivity index (χ2n) is 6.18. The second-order valence-corrected chi connectivity index (χ2v) is 6.18. The van der Waals surface area contributed by atoms with Gasteiger partial charge in [0.15, 0.2) is 0 Å². The first-order valence-corrected chi connectivity index (χ1v) is 9.06. The monoisotopic (exact) mass is 366 g/mol. The fourth-order valence-electron chi connectivity index (χ4n) is 2.51. The Balaban J connectivity index is 1.93. The average Bonchev–Trinajstić information content (AvgIpc) is 2.66. The Morgan fingerprint density at radius 2 is 1.19 bits per heavy atom. The maximum absolute atomic E-state index is 12.8. The van der Waals surface area contributed by atoms with Gasteiger partial charge >= 0.3 is 0 Å². The van der Waals surface area contributed by atoms with Gasteiger partial charge in [0.05, 0.1) is 52.9 Å². The third-order valence-corrected chi connectivity index (χ3v) is 4.04. The van der Waals surface area contributed by atoms with Gasteiger partial charge in [0, 0.05) is 38.4 Å². The number of nitrogens with zero attached hydrogens (tertiary/aromatic N) is 2. The van der Waals surface area contributed by atoms with Crippen molar-refractivity contribution in [3.63, 3.8) is 0 Å². The van der Waals surface area contributed by atoms with Crippen LogP contribution in [0, 0.1) is 0 Å². The van der Waals surface area contributed by atoms with Gasteiger partial charge in [-0.25, -0.2) is 0 Å². The summed E-state index contributed by atoms with van der Waals surface area (Å²) in [5.41, 5.74) is 1.73. The van der Waals surface area contributed by atoms with Gasteiger partial charge in [-0.3, -0.25) is 4.79 Å². The fourth-order valence-corrected chi connectivity index (χ4v) is 2.51. The molecule has 0 aliphatic carbocycles. The van der Waals surface area contributed by atoms with Crippen molar-refractivity contribution >= 4 is 11.6 Å². The van der Waals surface area contributed by atoms with E-state index < -0.39 is 0 Å². The van der Waals surface area contributed by atoms with E-state index in [2.05, 4.69) is 0 Å². The normalized spacial score (nSPS) is 18.6. The molecule has 1 aromatic rings. The SMILES string of the molecule is CN(C)c1ccc(C(=O)N2CCOCCOCCOCCOCC2)cc1. The lowest BCUT2D eigenvalue weighted by Crippen LogP contribution is -2.37. The quantitative estimate of drug-likeness (QED) is 0.786. The van der Waals surface area contributed by atoms with E-state index in [1.165, 1.54) is 0 Å². The zero-order chi connectivity index (χ0) is 18.6. The van der Waals surface area contributed by atoms with E-state index in [9.17, 15) is 4.79 Å². The lowest BCUT2D eigenvalue weighted by Gasteiger charge is -2.23. The molecule has 7 nitrogen and oxygen atoms in total. The summed E-state index contributed by atoms with van der Waals surface area (Å²) >= 11 is 0. The van der Waals surface area contributed by atoms with E-state index in [0.29, 0.717) is 71.5 Å². The fraction of sp³-hybridized carbons (Fsp3) is 0.632. The predicted molar refractivity (Wildman–Crippen MR) is 99.9 cm³/mol. The number of carbonyl (C=O) groups is 1. The molecular formula is C19H30N2O5. The molecule has 1 heterocycles. The summed E-state index contributed by atoms with van der Waals surface area (Å²) < 4.78 is 22.0. The predicted octanol–water partition coefficient (Wildman–Crippen LogP) is 1.27. The van der Waals surface area contributed by atoms with Crippen molar-refractivity contribution in [2.24, 2.45) is 0 Å². The molecule has 0 N–H and O–H groups in total. The molecule has 1 saturated heterocycles. The summed E-state index contributed by atoms with van der Waals surface area (Å²) in [5, 5.41) is 0. The minimum Gasteiger partial charge on any atom is -0.378 e. The maximum atomic E-state index is 12.8. The van der Waals surface area contributed by atoms with Crippen LogP contribution in [-0.4, -0.2) is 90.8 Å². The molecule has 0 spiro atoms. The average molecular weight is 366 g/mol. The third kappa shape index (κ3) is 7.29. The first-order chi connectivity index (χ1) is 12.7. The molecule has 1 aliphatic heterocycles. The van der Waals surface area contributed by atoms with Gasteiger partial charge in [-0.05, 0) is 24.3 Å². The Morgan fingerprint density at radius 3 is 1.62 bits per heavy atom. The number of carbonyl (C=O) groups excluding carboxylic acids is 1. The Kier molecular flexibility index (Phi) is 9.41. The number of benzene rings is 1. The highest BCUT2D eigenvalue weighted by Gasteiger charge is 2.16. The highest BCUT2D eigenvalue weighted by molar-refractivity contribution is 5.94. The van der Waals surface area contributed by atoms with E-state index in [0.717, 1.165) is 5.69 Å². The van der Waals surface area contributed by atoms with E-state index in [1.54, 1.807) is 4.90 Å². The van der Waals surface area contributed by atoms with Gasteiger partial charge in [-0.15, -0.1) is 0 Å². The van der Waals surface area contributed by atoms with Crippen molar-refractivity contribution in [3.05, 3.63) is 29.8 Å². The summed E-state index contributed by atoms with van der Waals surface area (Å²) in [6.45, 7) is 5.17. The highest BCUT2D eigenvalue weighted by atomic mass is 16.6. The molecule has 1 aliphatic rings. The molecule has 1 fully saturated rings. The number of hydrogen-bond acceptors (Lipinski definition) is 6. The van der Waals surface area contributed by atoms with Crippen molar-refractivity contribution in [1.82, 2.24) is 4.90 Å². The molecule has 0 aromatic heterocycles. The topological polar surface area (TPSA) is 60.5 Å². The standard InChI is InChI=1S/C19H30N2O5/c1-20(2)18-5-3-17(4-6-18)19(22)21-7-9-23-11-13-25-15-16-26-14-12-24-10-8-21/h3-6H,7-16H2,1-2H3. The zero-order valence-electron chi connectivity index (χ0n) is 15.8. The Hall–Kier alpha value is -1.67. The van der Waals surface area contributed by atoms with Crippen molar-refractivity contribution in [2.45, 2.75) is 0 Å². The van der Waals surface area contributed by atoms with Gasteiger partial charge in [0.1, 0.15) is 0 Å². The molecular weight excluding hydrogens is 336 g/mol. The van der Waals surface area contributed by atoms with Crippen LogP contribution in [0.25, 0.3) is 0 Å². The van der Waals surface area contributed by atoms with Crippen molar-refractivity contribution in [3.8, 4) is 0 Å². The van der Waals surface area contributed by atoms with Gasteiger partial charge in [-0.2, -0.15) is 0 Å². The Labute approximate surface area is 155 Å². The summed E-state index contributed by atoms with van der Waals surface area (Å²) in [5.74, 6) is -0.0145. The molecule has 0 bridgehead atoms. The van der Waals surface area contributed by atoms with Crippen LogP contribution in [0.15, 0.2) is 24.3 Å². The molecule has 146 valence electrons. The van der Waals surface area contributed by atoms with Gasteiger partial charge in [-0.1, -0.05) is 0 Å². The molecule has 0 unspecified atom stereocenters. The van der Waals surface area contributed by atoms with Gasteiger partial charge in [0.25, 0.3) is 5.91 Å². The first kappa shape index (κ1) is 20.6. The lowest BCUT2D eigenvalue weighted by atomic mass is 10.1. The maximum Gasteiger partial charge on any atom is 0.254 e. The molecule has 26 heavy (non-hydrogen) atoms. The highest BCUT2D eigenvalue weighted by Crippen LogP contribution is 2.14. The summed E-state index contributed by atoms with van der Waals surface area (Å²) in [4.78, 5) is 16.6. The first-order valence-electron chi connectivity index (χ1n) is 9.06. The van der Waals surface area contributed by atoms with Crippen LogP contribution in [0.4, 0.5) is 5.69 Å².